The molecule has 2 heterocycles. The molecule has 4 heteroatoms. The van der Waals surface area contributed by atoms with E-state index in [1.807, 2.05) is 0 Å². The van der Waals surface area contributed by atoms with Crippen LogP contribution >= 0.6 is 0 Å². The van der Waals surface area contributed by atoms with E-state index in [4.69, 9.17) is 5.11 Å². The van der Waals surface area contributed by atoms with Crippen molar-refractivity contribution in [3.8, 4) is 0 Å². The number of piperidine rings is 1. The van der Waals surface area contributed by atoms with Crippen LogP contribution in [0.15, 0.2) is 18.3 Å². The summed E-state index contributed by atoms with van der Waals surface area (Å²) in [7, 11) is 0. The molecule has 0 unspecified atom stereocenters. The summed E-state index contributed by atoms with van der Waals surface area (Å²) in [6.45, 7) is 3.18. The van der Waals surface area contributed by atoms with Crippen LogP contribution in [0.3, 0.4) is 0 Å². The Hall–Kier alpha value is -1.42. The molecule has 1 aromatic rings. The third kappa shape index (κ3) is 3.27. The molecule has 0 bridgehead atoms. The topological polar surface area (TPSA) is 53.4 Å². The van der Waals surface area contributed by atoms with Gasteiger partial charge in [-0.15, -0.1) is 0 Å². The van der Waals surface area contributed by atoms with Gasteiger partial charge in [0.2, 0.25) is 0 Å². The van der Waals surface area contributed by atoms with Crippen LogP contribution in [0.25, 0.3) is 0 Å². The lowest BCUT2D eigenvalue weighted by molar-refractivity contribution is 0.0695. The number of pyridine rings is 1. The highest BCUT2D eigenvalue weighted by Crippen LogP contribution is 2.11. The summed E-state index contributed by atoms with van der Waals surface area (Å²) in [5, 5.41) is 9.05. The van der Waals surface area contributed by atoms with E-state index < -0.39 is 5.97 Å². The third-order valence-corrected chi connectivity index (χ3v) is 3.23. The van der Waals surface area contributed by atoms with Gasteiger partial charge in [0.25, 0.3) is 0 Å². The molecule has 0 aromatic carbocycles. The molecule has 0 atom stereocenters. The van der Waals surface area contributed by atoms with Gasteiger partial charge in [0.15, 0.2) is 0 Å². The smallest absolute Gasteiger partial charge is 0.337 e. The highest BCUT2D eigenvalue weighted by molar-refractivity contribution is 5.88. The molecular formula is C13H18N2O2. The second-order valence-electron chi connectivity index (χ2n) is 4.46. The lowest BCUT2D eigenvalue weighted by Crippen LogP contribution is -2.31. The Kier molecular flexibility index (Phi) is 4.09. The van der Waals surface area contributed by atoms with Crippen molar-refractivity contribution >= 4 is 5.97 Å². The van der Waals surface area contributed by atoms with Crippen molar-refractivity contribution in [2.24, 2.45) is 0 Å². The molecule has 0 amide bonds. The van der Waals surface area contributed by atoms with E-state index in [0.29, 0.717) is 11.3 Å². The van der Waals surface area contributed by atoms with E-state index >= 15 is 0 Å². The maximum Gasteiger partial charge on any atom is 0.337 e. The molecule has 0 saturated carbocycles. The maximum atomic E-state index is 11.0. The normalized spacial score (nSPS) is 16.9. The molecule has 0 aliphatic carbocycles. The van der Waals surface area contributed by atoms with Crippen LogP contribution in [0.2, 0.25) is 0 Å². The van der Waals surface area contributed by atoms with E-state index in [1.54, 1.807) is 18.3 Å². The van der Waals surface area contributed by atoms with E-state index in [1.165, 1.54) is 19.3 Å². The minimum Gasteiger partial charge on any atom is -0.478 e. The summed E-state index contributed by atoms with van der Waals surface area (Å²) < 4.78 is 0. The number of carbonyl (C=O) groups is 1. The summed E-state index contributed by atoms with van der Waals surface area (Å²) in [5.41, 5.74) is 1.04. The minimum absolute atomic E-state index is 0.338. The van der Waals surface area contributed by atoms with Gasteiger partial charge in [-0.1, -0.05) is 6.42 Å². The zero-order valence-electron chi connectivity index (χ0n) is 9.93. The molecule has 0 spiro atoms. The van der Waals surface area contributed by atoms with E-state index in [9.17, 15) is 4.79 Å². The second-order valence-corrected chi connectivity index (χ2v) is 4.46. The Bertz CT molecular complexity index is 387. The van der Waals surface area contributed by atoms with Crippen LogP contribution in [0.4, 0.5) is 0 Å². The van der Waals surface area contributed by atoms with Gasteiger partial charge in [-0.05, 0) is 38.1 Å². The molecule has 1 saturated heterocycles. The quantitative estimate of drug-likeness (QED) is 0.863. The first-order valence-electron chi connectivity index (χ1n) is 6.17. The summed E-state index contributed by atoms with van der Waals surface area (Å²) >= 11 is 0. The maximum absolute atomic E-state index is 11.0. The molecule has 2 rings (SSSR count). The number of carboxylic acids is 1. The van der Waals surface area contributed by atoms with Gasteiger partial charge in [-0.3, -0.25) is 4.98 Å². The molecule has 1 aliphatic rings. The SMILES string of the molecule is O=C(O)c1cccnc1CCN1CCCCC1. The van der Waals surface area contributed by atoms with E-state index in [0.717, 1.165) is 26.1 Å². The van der Waals surface area contributed by atoms with Crippen LogP contribution in [0.5, 0.6) is 0 Å². The van der Waals surface area contributed by atoms with Crippen molar-refractivity contribution in [1.29, 1.82) is 0 Å². The Morgan fingerprint density at radius 2 is 2.12 bits per heavy atom. The number of carboxylic acid groups (broad SMARTS) is 1. The highest BCUT2D eigenvalue weighted by atomic mass is 16.4. The van der Waals surface area contributed by atoms with Crippen molar-refractivity contribution in [3.05, 3.63) is 29.6 Å². The fourth-order valence-corrected chi connectivity index (χ4v) is 2.28. The van der Waals surface area contributed by atoms with Crippen molar-refractivity contribution in [1.82, 2.24) is 9.88 Å². The number of hydrogen-bond donors (Lipinski definition) is 1. The average molecular weight is 234 g/mol. The zero-order valence-corrected chi connectivity index (χ0v) is 9.93. The average Bonchev–Trinajstić information content (AvgIpc) is 2.38. The molecule has 1 N–H and O–H groups in total. The summed E-state index contributed by atoms with van der Waals surface area (Å²) in [4.78, 5) is 17.6. The molecule has 0 radical (unpaired) electrons. The van der Waals surface area contributed by atoms with Crippen LogP contribution < -0.4 is 0 Å². The number of aromatic nitrogens is 1. The summed E-state index contributed by atoms with van der Waals surface area (Å²) in [6.07, 6.45) is 6.23. The molecule has 92 valence electrons. The Morgan fingerprint density at radius 3 is 2.82 bits per heavy atom. The van der Waals surface area contributed by atoms with E-state index in [-0.39, 0.29) is 0 Å². The Balaban J connectivity index is 1.96. The van der Waals surface area contributed by atoms with Crippen molar-refractivity contribution in [3.63, 3.8) is 0 Å². The van der Waals surface area contributed by atoms with Gasteiger partial charge in [0.05, 0.1) is 11.3 Å². The van der Waals surface area contributed by atoms with Gasteiger partial charge in [-0.25, -0.2) is 4.79 Å². The number of nitrogens with zero attached hydrogens (tertiary/aromatic N) is 2. The predicted octanol–water partition coefficient (Wildman–Crippen LogP) is 1.81. The van der Waals surface area contributed by atoms with Gasteiger partial charge in [-0.2, -0.15) is 0 Å². The van der Waals surface area contributed by atoms with Crippen molar-refractivity contribution in [2.75, 3.05) is 19.6 Å². The third-order valence-electron chi connectivity index (χ3n) is 3.23. The highest BCUT2D eigenvalue weighted by Gasteiger charge is 2.13. The van der Waals surface area contributed by atoms with E-state index in [2.05, 4.69) is 9.88 Å². The van der Waals surface area contributed by atoms with Crippen LogP contribution in [-0.2, 0) is 6.42 Å². The summed E-state index contributed by atoms with van der Waals surface area (Å²) in [6, 6.07) is 3.30. The van der Waals surface area contributed by atoms with Gasteiger partial charge in [0, 0.05) is 19.2 Å². The first-order chi connectivity index (χ1) is 8.27. The zero-order chi connectivity index (χ0) is 12.1. The predicted molar refractivity (Wildman–Crippen MR) is 65.2 cm³/mol. The number of rotatable bonds is 4. The molecule has 1 aromatic heterocycles. The number of aromatic carboxylic acids is 1. The lowest BCUT2D eigenvalue weighted by atomic mass is 10.1. The van der Waals surface area contributed by atoms with Crippen molar-refractivity contribution in [2.45, 2.75) is 25.7 Å². The monoisotopic (exact) mass is 234 g/mol. The minimum atomic E-state index is -0.883. The van der Waals surface area contributed by atoms with Gasteiger partial charge >= 0.3 is 5.97 Å². The molecule has 4 nitrogen and oxygen atoms in total. The van der Waals surface area contributed by atoms with Crippen LogP contribution in [0.1, 0.15) is 35.3 Å². The van der Waals surface area contributed by atoms with Gasteiger partial charge < -0.3 is 10.0 Å². The Morgan fingerprint density at radius 1 is 1.35 bits per heavy atom. The van der Waals surface area contributed by atoms with Crippen LogP contribution in [0, 0.1) is 0 Å². The lowest BCUT2D eigenvalue weighted by Gasteiger charge is -2.26. The first kappa shape index (κ1) is 12.0. The molecule has 17 heavy (non-hydrogen) atoms. The molecule has 1 fully saturated rings. The van der Waals surface area contributed by atoms with Crippen molar-refractivity contribution < 1.29 is 9.90 Å². The molecule has 1 aliphatic heterocycles. The molecular weight excluding hydrogens is 216 g/mol. The van der Waals surface area contributed by atoms with Gasteiger partial charge in [0.1, 0.15) is 0 Å². The largest absolute Gasteiger partial charge is 0.478 e. The fraction of sp³-hybridized carbons (Fsp3) is 0.538. The standard InChI is InChI=1S/C13H18N2O2/c16-13(17)11-5-4-7-14-12(11)6-10-15-8-2-1-3-9-15/h4-5,7H,1-3,6,8-10H2,(H,16,17). The summed E-state index contributed by atoms with van der Waals surface area (Å²) in [5.74, 6) is -0.883. The number of hydrogen-bond acceptors (Lipinski definition) is 3. The number of likely N-dealkylation sites (tertiary alicyclic amines) is 1. The van der Waals surface area contributed by atoms with Crippen LogP contribution in [-0.4, -0.2) is 40.6 Å². The Labute approximate surface area is 101 Å². The second kappa shape index (κ2) is 5.77. The first-order valence-corrected chi connectivity index (χ1v) is 6.17. The fourth-order valence-electron chi connectivity index (χ4n) is 2.28.